The molecule has 2 unspecified atom stereocenters. The van der Waals surface area contributed by atoms with Gasteiger partial charge < -0.3 is 4.74 Å². The molecule has 0 aromatic carbocycles. The van der Waals surface area contributed by atoms with Crippen molar-refractivity contribution in [2.45, 2.75) is 37.8 Å². The van der Waals surface area contributed by atoms with Crippen LogP contribution in [0.3, 0.4) is 0 Å². The minimum absolute atomic E-state index is 0.103. The lowest BCUT2D eigenvalue weighted by atomic mass is 9.97. The Balaban J connectivity index is 2.77. The molecule has 0 bridgehead atoms. The molecule has 1 aliphatic rings. The molecule has 0 spiro atoms. The van der Waals surface area contributed by atoms with Gasteiger partial charge in [-0.2, -0.15) is 17.6 Å². The maximum absolute atomic E-state index is 13.8. The maximum atomic E-state index is 13.8. The van der Waals surface area contributed by atoms with Gasteiger partial charge in [0.15, 0.2) is 0 Å². The Morgan fingerprint density at radius 1 is 1.50 bits per heavy atom. The Hall–Kier alpha value is -0.850. The average molecular weight is 243 g/mol. The molecule has 7 heteroatoms. The SMILES string of the molecule is CC(=O)OC1(F)CCN(C)C(C(F)(F)F)C1. The molecule has 1 heterocycles. The number of carbonyl (C=O) groups is 1. The number of likely N-dealkylation sites (tertiary alicyclic amines) is 1. The molecule has 0 aromatic heterocycles. The number of alkyl halides is 4. The molecule has 1 aliphatic heterocycles. The predicted molar refractivity (Wildman–Crippen MR) is 47.3 cm³/mol. The van der Waals surface area contributed by atoms with E-state index in [4.69, 9.17) is 0 Å². The summed E-state index contributed by atoms with van der Waals surface area (Å²) in [5, 5.41) is 0. The fraction of sp³-hybridized carbons (Fsp3) is 0.889. The van der Waals surface area contributed by atoms with E-state index in [0.717, 1.165) is 11.8 Å². The molecule has 2 atom stereocenters. The normalized spacial score (nSPS) is 32.5. The molecular weight excluding hydrogens is 230 g/mol. The van der Waals surface area contributed by atoms with Crippen molar-refractivity contribution in [1.82, 2.24) is 4.90 Å². The van der Waals surface area contributed by atoms with Crippen molar-refractivity contribution in [2.24, 2.45) is 0 Å². The van der Waals surface area contributed by atoms with Gasteiger partial charge in [0.05, 0.1) is 0 Å². The standard InChI is InChI=1S/C9H13F4NO2/c1-6(15)16-8(10)3-4-14(2)7(5-8)9(11,12)13/h7H,3-5H2,1-2H3. The van der Waals surface area contributed by atoms with Crippen LogP contribution in [-0.4, -0.2) is 42.5 Å². The molecule has 1 fully saturated rings. The van der Waals surface area contributed by atoms with E-state index in [1.165, 1.54) is 7.05 Å². The fourth-order valence-corrected chi connectivity index (χ4v) is 1.76. The molecule has 0 aromatic rings. The van der Waals surface area contributed by atoms with Crippen molar-refractivity contribution in [3.05, 3.63) is 0 Å². The van der Waals surface area contributed by atoms with Gasteiger partial charge in [-0.3, -0.25) is 9.69 Å². The van der Waals surface area contributed by atoms with E-state index >= 15 is 0 Å². The Morgan fingerprint density at radius 3 is 2.50 bits per heavy atom. The summed E-state index contributed by atoms with van der Waals surface area (Å²) in [7, 11) is 1.27. The summed E-state index contributed by atoms with van der Waals surface area (Å²) in [5.74, 6) is -3.41. The van der Waals surface area contributed by atoms with Crippen molar-refractivity contribution in [3.8, 4) is 0 Å². The van der Waals surface area contributed by atoms with E-state index in [1.807, 2.05) is 0 Å². The van der Waals surface area contributed by atoms with E-state index in [1.54, 1.807) is 0 Å². The quantitative estimate of drug-likeness (QED) is 0.520. The first-order chi connectivity index (χ1) is 7.14. The van der Waals surface area contributed by atoms with E-state index in [-0.39, 0.29) is 13.0 Å². The summed E-state index contributed by atoms with van der Waals surface area (Å²) in [4.78, 5) is 11.6. The van der Waals surface area contributed by atoms with Crippen LogP contribution in [0.4, 0.5) is 17.6 Å². The monoisotopic (exact) mass is 243 g/mol. The highest BCUT2D eigenvalue weighted by Crippen LogP contribution is 2.38. The third-order valence-corrected chi connectivity index (χ3v) is 2.57. The van der Waals surface area contributed by atoms with E-state index in [0.29, 0.717) is 0 Å². The molecule has 16 heavy (non-hydrogen) atoms. The Kier molecular flexibility index (Phi) is 3.47. The van der Waals surface area contributed by atoms with Crippen molar-refractivity contribution in [2.75, 3.05) is 13.6 Å². The number of rotatable bonds is 1. The highest BCUT2D eigenvalue weighted by atomic mass is 19.4. The number of piperidine rings is 1. The molecule has 94 valence electrons. The van der Waals surface area contributed by atoms with Gasteiger partial charge in [-0.1, -0.05) is 0 Å². The fourth-order valence-electron chi connectivity index (χ4n) is 1.76. The van der Waals surface area contributed by atoms with Crippen molar-refractivity contribution in [1.29, 1.82) is 0 Å². The molecule has 3 nitrogen and oxygen atoms in total. The van der Waals surface area contributed by atoms with E-state index in [2.05, 4.69) is 4.74 Å². The summed E-state index contributed by atoms with van der Waals surface area (Å²) in [6.07, 6.45) is -5.63. The highest BCUT2D eigenvalue weighted by molar-refractivity contribution is 5.66. The van der Waals surface area contributed by atoms with Crippen molar-refractivity contribution in [3.63, 3.8) is 0 Å². The zero-order valence-corrected chi connectivity index (χ0v) is 8.97. The zero-order valence-electron chi connectivity index (χ0n) is 8.97. The molecule has 0 aliphatic carbocycles. The maximum Gasteiger partial charge on any atom is 0.404 e. The summed E-state index contributed by atoms with van der Waals surface area (Å²) in [6, 6.07) is -1.91. The van der Waals surface area contributed by atoms with Gasteiger partial charge in [-0.15, -0.1) is 0 Å². The summed E-state index contributed by atoms with van der Waals surface area (Å²) in [6.45, 7) is 0.871. The number of ether oxygens (including phenoxy) is 1. The molecular formula is C9H13F4NO2. The summed E-state index contributed by atoms with van der Waals surface area (Å²) >= 11 is 0. The Morgan fingerprint density at radius 2 is 2.06 bits per heavy atom. The number of esters is 1. The van der Waals surface area contributed by atoms with E-state index < -0.39 is 30.5 Å². The van der Waals surface area contributed by atoms with Crippen LogP contribution in [0.15, 0.2) is 0 Å². The summed E-state index contributed by atoms with van der Waals surface area (Å²) in [5.41, 5.74) is 0. The first-order valence-electron chi connectivity index (χ1n) is 4.79. The van der Waals surface area contributed by atoms with Gasteiger partial charge in [-0.25, -0.2) is 0 Å². The highest BCUT2D eigenvalue weighted by Gasteiger charge is 2.52. The van der Waals surface area contributed by atoms with Crippen molar-refractivity contribution >= 4 is 5.97 Å². The van der Waals surface area contributed by atoms with Crippen molar-refractivity contribution < 1.29 is 27.1 Å². The number of nitrogens with zero attached hydrogens (tertiary/aromatic N) is 1. The molecule has 1 rings (SSSR count). The minimum Gasteiger partial charge on any atom is -0.429 e. The van der Waals surface area contributed by atoms with E-state index in [9.17, 15) is 22.4 Å². The third kappa shape index (κ3) is 3.07. The van der Waals surface area contributed by atoms with Crippen LogP contribution in [0.1, 0.15) is 19.8 Å². The molecule has 0 radical (unpaired) electrons. The lowest BCUT2D eigenvalue weighted by Crippen LogP contribution is -2.54. The Bertz CT molecular complexity index is 281. The van der Waals surface area contributed by atoms with Gasteiger partial charge in [0.25, 0.3) is 5.85 Å². The second kappa shape index (κ2) is 4.20. The Labute approximate surface area is 90.3 Å². The van der Waals surface area contributed by atoms with Crippen LogP contribution in [0.2, 0.25) is 0 Å². The third-order valence-electron chi connectivity index (χ3n) is 2.57. The first kappa shape index (κ1) is 13.2. The lowest BCUT2D eigenvalue weighted by Gasteiger charge is -2.40. The number of carbonyl (C=O) groups excluding carboxylic acids is 1. The second-order valence-corrected chi connectivity index (χ2v) is 3.97. The first-order valence-corrected chi connectivity index (χ1v) is 4.79. The molecule has 0 N–H and O–H groups in total. The van der Waals surface area contributed by atoms with Crippen LogP contribution < -0.4 is 0 Å². The van der Waals surface area contributed by atoms with Crippen LogP contribution >= 0.6 is 0 Å². The topological polar surface area (TPSA) is 29.5 Å². The van der Waals surface area contributed by atoms with Gasteiger partial charge in [0, 0.05) is 26.3 Å². The van der Waals surface area contributed by atoms with Gasteiger partial charge >= 0.3 is 12.1 Å². The lowest BCUT2D eigenvalue weighted by molar-refractivity contribution is -0.240. The number of halogens is 4. The van der Waals surface area contributed by atoms with Crippen LogP contribution in [-0.2, 0) is 9.53 Å². The number of hydrogen-bond donors (Lipinski definition) is 0. The molecule has 1 saturated heterocycles. The van der Waals surface area contributed by atoms with Gasteiger partial charge in [-0.05, 0) is 7.05 Å². The molecule has 0 amide bonds. The number of hydrogen-bond acceptors (Lipinski definition) is 3. The average Bonchev–Trinajstić information content (AvgIpc) is 2.06. The van der Waals surface area contributed by atoms with Gasteiger partial charge in [0.1, 0.15) is 6.04 Å². The smallest absolute Gasteiger partial charge is 0.404 e. The summed E-state index contributed by atoms with van der Waals surface area (Å²) < 4.78 is 55.7. The van der Waals surface area contributed by atoms with Crippen LogP contribution in [0.25, 0.3) is 0 Å². The largest absolute Gasteiger partial charge is 0.429 e. The van der Waals surface area contributed by atoms with Crippen LogP contribution in [0, 0.1) is 0 Å². The predicted octanol–water partition coefficient (Wildman–Crippen LogP) is 1.87. The van der Waals surface area contributed by atoms with Crippen LogP contribution in [0.5, 0.6) is 0 Å². The second-order valence-electron chi connectivity index (χ2n) is 3.97. The van der Waals surface area contributed by atoms with Gasteiger partial charge in [0.2, 0.25) is 0 Å². The zero-order chi connectivity index (χ0) is 12.6. The molecule has 0 saturated carbocycles. The minimum atomic E-state index is -4.52.